The molecule has 1 fully saturated rings. The molecule has 1 aromatic heterocycles. The summed E-state index contributed by atoms with van der Waals surface area (Å²) >= 11 is 3.47. The smallest absolute Gasteiger partial charge is 0.203 e. The van der Waals surface area contributed by atoms with Crippen LogP contribution in [0.5, 0.6) is 0 Å². The van der Waals surface area contributed by atoms with Gasteiger partial charge < -0.3 is 19.1 Å². The van der Waals surface area contributed by atoms with E-state index in [0.29, 0.717) is 12.2 Å². The fourth-order valence-electron chi connectivity index (χ4n) is 4.27. The minimum absolute atomic E-state index is 0.374. The summed E-state index contributed by atoms with van der Waals surface area (Å²) in [5.41, 5.74) is 3.41. The predicted molar refractivity (Wildman–Crippen MR) is 114 cm³/mol. The second kappa shape index (κ2) is 8.64. The molecular weight excluding hydrogens is 416 g/mol. The lowest BCUT2D eigenvalue weighted by molar-refractivity contribution is -0.905. The van der Waals surface area contributed by atoms with E-state index in [2.05, 4.69) is 26.6 Å². The zero-order valence-electron chi connectivity index (χ0n) is 16.1. The number of aliphatic hydroxyl groups is 1. The third kappa shape index (κ3) is 4.09. The summed E-state index contributed by atoms with van der Waals surface area (Å²) in [6.07, 6.45) is 3.33. The SMILES string of the molecule is N=c1n(CC[NH+]2CCCCC2)c2ccccc2n1CC(O)c1cccc(Br)c1. The fraction of sp³-hybridized carbons (Fsp3) is 0.409. The van der Waals surface area contributed by atoms with E-state index in [1.165, 1.54) is 32.4 Å². The van der Waals surface area contributed by atoms with E-state index >= 15 is 0 Å². The number of imidazole rings is 1. The summed E-state index contributed by atoms with van der Waals surface area (Å²) in [5.74, 6) is 0. The lowest BCUT2D eigenvalue weighted by atomic mass is 10.1. The Labute approximate surface area is 173 Å². The highest BCUT2D eigenvalue weighted by Crippen LogP contribution is 2.21. The number of benzene rings is 2. The third-order valence-electron chi connectivity index (χ3n) is 5.81. The first-order valence-electron chi connectivity index (χ1n) is 10.1. The molecule has 5 nitrogen and oxygen atoms in total. The van der Waals surface area contributed by atoms with Crippen molar-refractivity contribution in [1.82, 2.24) is 9.13 Å². The van der Waals surface area contributed by atoms with E-state index in [4.69, 9.17) is 5.41 Å². The summed E-state index contributed by atoms with van der Waals surface area (Å²) in [7, 11) is 0. The van der Waals surface area contributed by atoms with Gasteiger partial charge in [0.2, 0.25) is 5.62 Å². The summed E-state index contributed by atoms with van der Waals surface area (Å²) in [6, 6.07) is 15.9. The van der Waals surface area contributed by atoms with Crippen LogP contribution in [0.4, 0.5) is 0 Å². The predicted octanol–water partition coefficient (Wildman–Crippen LogP) is 2.49. The van der Waals surface area contributed by atoms with Crippen LogP contribution in [0.15, 0.2) is 53.0 Å². The molecule has 1 atom stereocenters. The van der Waals surface area contributed by atoms with Crippen molar-refractivity contribution in [3.63, 3.8) is 0 Å². The van der Waals surface area contributed by atoms with Crippen LogP contribution in [0.3, 0.4) is 0 Å². The number of hydrogen-bond acceptors (Lipinski definition) is 2. The van der Waals surface area contributed by atoms with E-state index in [1.54, 1.807) is 4.90 Å². The molecule has 0 spiro atoms. The largest absolute Gasteiger partial charge is 0.387 e. The van der Waals surface area contributed by atoms with Crippen LogP contribution in [0.1, 0.15) is 30.9 Å². The van der Waals surface area contributed by atoms with Gasteiger partial charge in [-0.1, -0.05) is 40.2 Å². The number of quaternary nitrogens is 1. The van der Waals surface area contributed by atoms with E-state index in [9.17, 15) is 5.11 Å². The Hall–Kier alpha value is -1.89. The second-order valence-corrected chi connectivity index (χ2v) is 8.62. The van der Waals surface area contributed by atoms with Gasteiger partial charge in [-0.3, -0.25) is 5.41 Å². The maximum absolute atomic E-state index is 10.8. The van der Waals surface area contributed by atoms with Crippen LogP contribution >= 0.6 is 15.9 Å². The first kappa shape index (κ1) is 19.4. The normalized spacial score (nSPS) is 16.5. The Morgan fingerprint density at radius 2 is 1.71 bits per heavy atom. The molecule has 2 heterocycles. The average Bonchev–Trinajstić information content (AvgIpc) is 2.98. The van der Waals surface area contributed by atoms with Crippen LogP contribution in [-0.2, 0) is 13.1 Å². The van der Waals surface area contributed by atoms with E-state index in [-0.39, 0.29) is 0 Å². The molecule has 0 bridgehead atoms. The van der Waals surface area contributed by atoms with Gasteiger partial charge in [-0.2, -0.15) is 0 Å². The summed E-state index contributed by atoms with van der Waals surface area (Å²) < 4.78 is 4.99. The first-order chi connectivity index (χ1) is 13.6. The molecule has 2 aromatic carbocycles. The monoisotopic (exact) mass is 443 g/mol. The van der Waals surface area contributed by atoms with Crippen molar-refractivity contribution >= 4 is 27.0 Å². The van der Waals surface area contributed by atoms with Crippen LogP contribution in [0, 0.1) is 5.41 Å². The minimum Gasteiger partial charge on any atom is -0.387 e. The van der Waals surface area contributed by atoms with Gasteiger partial charge in [0.1, 0.15) is 0 Å². The molecule has 148 valence electrons. The van der Waals surface area contributed by atoms with Crippen LogP contribution in [-0.4, -0.2) is 33.9 Å². The first-order valence-corrected chi connectivity index (χ1v) is 10.9. The van der Waals surface area contributed by atoms with Crippen LogP contribution in [0.25, 0.3) is 11.0 Å². The third-order valence-corrected chi connectivity index (χ3v) is 6.31. The van der Waals surface area contributed by atoms with Gasteiger partial charge in [0.15, 0.2) is 0 Å². The molecule has 4 rings (SSSR count). The highest BCUT2D eigenvalue weighted by Gasteiger charge is 2.18. The molecule has 1 saturated heterocycles. The molecule has 1 unspecified atom stereocenters. The maximum atomic E-state index is 10.8. The Bertz CT molecular complexity index is 1000. The summed E-state index contributed by atoms with van der Waals surface area (Å²) in [5, 5.41) is 19.6. The zero-order chi connectivity index (χ0) is 19.5. The fourth-order valence-corrected chi connectivity index (χ4v) is 4.69. The van der Waals surface area contributed by atoms with Crippen LogP contribution in [0.2, 0.25) is 0 Å². The Kier molecular flexibility index (Phi) is 5.99. The highest BCUT2D eigenvalue weighted by molar-refractivity contribution is 9.10. The Morgan fingerprint density at radius 1 is 1.00 bits per heavy atom. The van der Waals surface area contributed by atoms with Gasteiger partial charge in [0, 0.05) is 4.47 Å². The van der Waals surface area contributed by atoms with Crippen molar-refractivity contribution in [3.05, 3.63) is 64.2 Å². The molecule has 1 aliphatic heterocycles. The number of fused-ring (bicyclic) bond motifs is 1. The summed E-state index contributed by atoms with van der Waals surface area (Å²) in [4.78, 5) is 1.64. The molecule has 0 amide bonds. The number of aliphatic hydroxyl groups excluding tert-OH is 1. The lowest BCUT2D eigenvalue weighted by Gasteiger charge is -2.23. The molecule has 0 radical (unpaired) electrons. The van der Waals surface area contributed by atoms with Gasteiger partial charge in [-0.15, -0.1) is 0 Å². The molecule has 6 heteroatoms. The van der Waals surface area contributed by atoms with Gasteiger partial charge in [-0.05, 0) is 49.1 Å². The van der Waals surface area contributed by atoms with Crippen molar-refractivity contribution in [2.24, 2.45) is 0 Å². The molecule has 1 aliphatic rings. The van der Waals surface area contributed by atoms with E-state index in [1.807, 2.05) is 47.0 Å². The highest BCUT2D eigenvalue weighted by atomic mass is 79.9. The minimum atomic E-state index is -0.654. The Morgan fingerprint density at radius 3 is 2.43 bits per heavy atom. The van der Waals surface area contributed by atoms with Gasteiger partial charge >= 0.3 is 0 Å². The number of aromatic nitrogens is 2. The van der Waals surface area contributed by atoms with Gasteiger partial charge in [0.05, 0.1) is 49.9 Å². The second-order valence-electron chi connectivity index (χ2n) is 7.71. The number of halogens is 1. The van der Waals surface area contributed by atoms with Crippen molar-refractivity contribution in [1.29, 1.82) is 5.41 Å². The van der Waals surface area contributed by atoms with Crippen molar-refractivity contribution in [2.75, 3.05) is 19.6 Å². The number of para-hydroxylation sites is 2. The van der Waals surface area contributed by atoms with Crippen LogP contribution < -0.4 is 10.5 Å². The van der Waals surface area contributed by atoms with Crippen molar-refractivity contribution in [3.8, 4) is 0 Å². The number of piperidine rings is 1. The van der Waals surface area contributed by atoms with E-state index < -0.39 is 6.10 Å². The molecule has 3 N–H and O–H groups in total. The molecular formula is C22H28BrN4O+. The molecule has 0 aliphatic carbocycles. The quantitative estimate of drug-likeness (QED) is 0.538. The van der Waals surface area contributed by atoms with Crippen molar-refractivity contribution < 1.29 is 10.0 Å². The lowest BCUT2D eigenvalue weighted by Crippen LogP contribution is -3.13. The number of likely N-dealkylation sites (tertiary alicyclic amines) is 1. The van der Waals surface area contributed by atoms with E-state index in [0.717, 1.165) is 34.2 Å². The Balaban J connectivity index is 1.61. The summed E-state index contributed by atoms with van der Waals surface area (Å²) in [6.45, 7) is 4.76. The molecule has 28 heavy (non-hydrogen) atoms. The average molecular weight is 444 g/mol. The maximum Gasteiger partial charge on any atom is 0.203 e. The number of rotatable bonds is 6. The standard InChI is InChI=1S/C22H27BrN4O/c23-18-8-6-7-17(15-18)21(28)16-27-20-10-3-2-9-19(20)26(22(27)24)14-13-25-11-4-1-5-12-25/h2-3,6-10,15,21,24,28H,1,4-5,11-14,16H2/p+1. The number of nitrogens with one attached hydrogen (secondary N) is 2. The molecule has 0 saturated carbocycles. The number of hydrogen-bond donors (Lipinski definition) is 3. The number of nitrogens with zero attached hydrogens (tertiary/aromatic N) is 2. The zero-order valence-corrected chi connectivity index (χ0v) is 17.7. The topological polar surface area (TPSA) is 58.4 Å². The van der Waals surface area contributed by atoms with Gasteiger partial charge in [0.25, 0.3) is 0 Å². The van der Waals surface area contributed by atoms with Gasteiger partial charge in [-0.25, -0.2) is 0 Å². The molecule has 3 aromatic rings. The van der Waals surface area contributed by atoms with Crippen molar-refractivity contribution in [2.45, 2.75) is 38.5 Å².